The van der Waals surface area contributed by atoms with Gasteiger partial charge in [0.25, 0.3) is 5.91 Å². The molecule has 2 aromatic carbocycles. The number of esters is 1. The van der Waals surface area contributed by atoms with Crippen molar-refractivity contribution in [2.75, 3.05) is 17.1 Å². The van der Waals surface area contributed by atoms with E-state index in [1.54, 1.807) is 24.3 Å². The summed E-state index contributed by atoms with van der Waals surface area (Å²) in [5, 5.41) is 2.97. The number of allylic oxidation sites excluding steroid dienone is 1. The fourth-order valence-corrected chi connectivity index (χ4v) is 3.58. The fraction of sp³-hybridized carbons (Fsp3) is 0.238. The van der Waals surface area contributed by atoms with Crippen LogP contribution in [0.15, 0.2) is 48.0 Å². The maximum atomic E-state index is 12.6. The third kappa shape index (κ3) is 6.57. The number of benzene rings is 2. The Kier molecular flexibility index (Phi) is 9.73. The zero-order valence-corrected chi connectivity index (χ0v) is 20.6. The van der Waals surface area contributed by atoms with E-state index in [9.17, 15) is 18.4 Å². The number of nitrogens with two attached hydrogens (primary N) is 1. The van der Waals surface area contributed by atoms with Crippen molar-refractivity contribution >= 4 is 40.2 Å². The molecule has 0 heterocycles. The molecule has 0 saturated carbocycles. The number of methoxy groups -OCH3 is 1. The third-order valence-electron chi connectivity index (χ3n) is 4.72. The summed E-state index contributed by atoms with van der Waals surface area (Å²) >= 11 is -2.66. The first-order valence-electron chi connectivity index (χ1n) is 9.54. The molecule has 3 rings (SSSR count). The molecular formula is C21H23N3NaO6S-. The van der Waals surface area contributed by atoms with Crippen LogP contribution < -0.4 is 54.8 Å². The molecule has 4 N–H and O–H groups in total. The van der Waals surface area contributed by atoms with Crippen LogP contribution in [0.4, 0.5) is 17.1 Å². The molecule has 0 saturated heterocycles. The zero-order chi connectivity index (χ0) is 22.4. The van der Waals surface area contributed by atoms with Gasteiger partial charge in [0.1, 0.15) is 17.1 Å². The molecule has 32 heavy (non-hydrogen) atoms. The minimum Gasteiger partial charge on any atom is -1.00 e. The van der Waals surface area contributed by atoms with E-state index in [1.165, 1.54) is 19.2 Å². The second-order valence-electron chi connectivity index (χ2n) is 6.78. The topological polar surface area (TPSA) is 143 Å². The predicted octanol–water partition coefficient (Wildman–Crippen LogP) is 0.266. The number of anilines is 3. The largest absolute Gasteiger partial charge is 1.00 e. The van der Waals surface area contributed by atoms with E-state index >= 15 is 0 Å². The van der Waals surface area contributed by atoms with Gasteiger partial charge in [-0.25, -0.2) is 4.79 Å². The van der Waals surface area contributed by atoms with Gasteiger partial charge in [-0.15, -0.1) is 0 Å². The molecule has 0 fully saturated rings. The summed E-state index contributed by atoms with van der Waals surface area (Å²) in [6, 6.07) is 9.43. The molecule has 9 nitrogen and oxygen atoms in total. The number of amides is 1. The molecule has 11 heteroatoms. The monoisotopic (exact) mass is 468 g/mol. The van der Waals surface area contributed by atoms with Gasteiger partial charge in [-0.1, -0.05) is 6.08 Å². The molecule has 0 aliphatic heterocycles. The van der Waals surface area contributed by atoms with E-state index in [-0.39, 0.29) is 53.7 Å². The first-order valence-corrected chi connectivity index (χ1v) is 10.6. The standard InChI is InChI=1S/C21H23N3O6S.Na.H/c1-29-15-9-7-14(8-10-15)23-19-16(24-31(27)28)11-12-17(18(19)20(22)25)30-21(26)13-5-3-2-4-6-13;;/h5,7-12,23-24H,2-4,6H2,1H3,(H2,22,25)(H,27,28);;/q;+1;-1/p-1. The van der Waals surface area contributed by atoms with Crippen molar-refractivity contribution in [3.63, 3.8) is 0 Å². The number of carbonyl (C=O) groups excluding carboxylic acids is 2. The minimum atomic E-state index is -2.66. The Morgan fingerprint density at radius 3 is 2.44 bits per heavy atom. The second-order valence-corrected chi connectivity index (χ2v) is 7.45. The molecule has 0 radical (unpaired) electrons. The van der Waals surface area contributed by atoms with Crippen molar-refractivity contribution in [3.05, 3.63) is 53.6 Å². The molecule has 2 aromatic rings. The van der Waals surface area contributed by atoms with Crippen LogP contribution in [-0.2, 0) is 16.1 Å². The van der Waals surface area contributed by atoms with Crippen LogP contribution in [0.3, 0.4) is 0 Å². The second kappa shape index (κ2) is 12.0. The van der Waals surface area contributed by atoms with Gasteiger partial charge in [0.05, 0.1) is 18.5 Å². The van der Waals surface area contributed by atoms with E-state index < -0.39 is 23.1 Å². The Morgan fingerprint density at radius 2 is 1.88 bits per heavy atom. The number of hydrogen-bond donors (Lipinski definition) is 3. The quantitative estimate of drug-likeness (QED) is 0.218. The number of nitrogens with one attached hydrogen (secondary N) is 2. The summed E-state index contributed by atoms with van der Waals surface area (Å²) in [6.07, 6.45) is 5.09. The SMILES string of the molecule is COc1ccc(Nc2c(NS(=O)[O-])ccc(OC(=O)C3=CCCCC3)c2C(N)=O)cc1.[H-].[Na+]. The van der Waals surface area contributed by atoms with Gasteiger partial charge < -0.3 is 31.2 Å². The molecule has 1 atom stereocenters. The summed E-state index contributed by atoms with van der Waals surface area (Å²) in [6.45, 7) is 0. The van der Waals surface area contributed by atoms with Crippen LogP contribution in [-0.4, -0.2) is 27.7 Å². The number of rotatable bonds is 8. The molecular weight excluding hydrogens is 445 g/mol. The van der Waals surface area contributed by atoms with E-state index in [0.717, 1.165) is 19.3 Å². The van der Waals surface area contributed by atoms with Crippen molar-refractivity contribution in [2.45, 2.75) is 25.7 Å². The van der Waals surface area contributed by atoms with E-state index in [1.807, 2.05) is 6.08 Å². The third-order valence-corrected chi connectivity index (χ3v) is 5.11. The molecule has 1 aliphatic rings. The molecule has 1 unspecified atom stereocenters. The smallest absolute Gasteiger partial charge is 1.00 e. The average Bonchev–Trinajstić information content (AvgIpc) is 2.76. The van der Waals surface area contributed by atoms with E-state index in [4.69, 9.17) is 15.2 Å². The number of hydrogen-bond acceptors (Lipinski definition) is 7. The average molecular weight is 468 g/mol. The summed E-state index contributed by atoms with van der Waals surface area (Å²) in [5.74, 6) is -0.909. The summed E-state index contributed by atoms with van der Waals surface area (Å²) in [7, 11) is 1.53. The van der Waals surface area contributed by atoms with Gasteiger partial charge in [-0.2, -0.15) is 0 Å². The Balaban J connectivity index is 0.00000272. The Labute approximate surface area is 211 Å². The van der Waals surface area contributed by atoms with Crippen LogP contribution in [0.5, 0.6) is 11.5 Å². The van der Waals surface area contributed by atoms with E-state index in [0.29, 0.717) is 23.4 Å². The van der Waals surface area contributed by atoms with Crippen molar-refractivity contribution in [1.82, 2.24) is 0 Å². The Hall–Kier alpha value is -2.37. The predicted molar refractivity (Wildman–Crippen MR) is 117 cm³/mol. The van der Waals surface area contributed by atoms with Gasteiger partial charge in [-0.05, 0) is 62.1 Å². The van der Waals surface area contributed by atoms with Crippen molar-refractivity contribution in [1.29, 1.82) is 0 Å². The fourth-order valence-electron chi connectivity index (χ4n) is 3.23. The first-order chi connectivity index (χ1) is 14.9. The summed E-state index contributed by atoms with van der Waals surface area (Å²) < 4.78 is 35.3. The van der Waals surface area contributed by atoms with Crippen LogP contribution >= 0.6 is 0 Å². The van der Waals surface area contributed by atoms with Crippen molar-refractivity contribution in [2.24, 2.45) is 5.73 Å². The molecule has 166 valence electrons. The van der Waals surface area contributed by atoms with Crippen LogP contribution in [0.1, 0.15) is 37.5 Å². The molecule has 1 aliphatic carbocycles. The number of ether oxygens (including phenoxy) is 2. The number of carbonyl (C=O) groups is 2. The normalized spacial score (nSPS) is 13.8. The molecule has 0 aromatic heterocycles. The van der Waals surface area contributed by atoms with Crippen LogP contribution in [0.2, 0.25) is 0 Å². The first kappa shape index (κ1) is 25.9. The Morgan fingerprint density at radius 1 is 1.16 bits per heavy atom. The molecule has 0 spiro atoms. The van der Waals surface area contributed by atoms with Crippen LogP contribution in [0, 0.1) is 0 Å². The summed E-state index contributed by atoms with van der Waals surface area (Å²) in [5.41, 5.74) is 6.62. The maximum absolute atomic E-state index is 12.6. The summed E-state index contributed by atoms with van der Waals surface area (Å²) in [4.78, 5) is 24.9. The maximum Gasteiger partial charge on any atom is 1.00 e. The van der Waals surface area contributed by atoms with Crippen LogP contribution in [0.25, 0.3) is 0 Å². The minimum absolute atomic E-state index is 0. The molecule has 1 amide bonds. The van der Waals surface area contributed by atoms with Gasteiger partial charge in [0, 0.05) is 22.5 Å². The van der Waals surface area contributed by atoms with Gasteiger partial charge >= 0.3 is 35.5 Å². The van der Waals surface area contributed by atoms with Crippen molar-refractivity contribution in [3.8, 4) is 11.5 Å². The Bertz CT molecular complexity index is 1050. The van der Waals surface area contributed by atoms with Gasteiger partial charge in [-0.3, -0.25) is 9.00 Å². The van der Waals surface area contributed by atoms with Gasteiger partial charge in [0.15, 0.2) is 0 Å². The van der Waals surface area contributed by atoms with E-state index in [2.05, 4.69) is 10.0 Å². The number of primary amides is 1. The van der Waals surface area contributed by atoms with Gasteiger partial charge in [0.2, 0.25) is 0 Å². The van der Waals surface area contributed by atoms with Crippen molar-refractivity contribution < 1.29 is 58.8 Å². The zero-order valence-electron chi connectivity index (χ0n) is 18.8. The molecule has 0 bridgehead atoms.